The van der Waals surface area contributed by atoms with E-state index in [0.29, 0.717) is 27.1 Å². The highest BCUT2D eigenvalue weighted by molar-refractivity contribution is 8.26. The zero-order valence-corrected chi connectivity index (χ0v) is 18.5. The summed E-state index contributed by atoms with van der Waals surface area (Å²) >= 11 is 6.43. The second kappa shape index (κ2) is 9.33. The van der Waals surface area contributed by atoms with Crippen molar-refractivity contribution in [2.75, 3.05) is 6.54 Å². The summed E-state index contributed by atoms with van der Waals surface area (Å²) in [5.41, 5.74) is 1.35. The van der Waals surface area contributed by atoms with Crippen LogP contribution in [0.15, 0.2) is 78.2 Å². The Morgan fingerprint density at radius 1 is 1.16 bits per heavy atom. The summed E-state index contributed by atoms with van der Waals surface area (Å²) in [6, 6.07) is 18.3. The Morgan fingerprint density at radius 2 is 1.94 bits per heavy atom. The summed E-state index contributed by atoms with van der Waals surface area (Å²) in [5.74, 6) is 0.184. The average Bonchev–Trinajstić information content (AvgIpc) is 3.05. The van der Waals surface area contributed by atoms with Crippen LogP contribution >= 0.6 is 24.0 Å². The van der Waals surface area contributed by atoms with Crippen LogP contribution in [0.3, 0.4) is 0 Å². The van der Waals surface area contributed by atoms with Gasteiger partial charge in [-0.25, -0.2) is 0 Å². The predicted octanol–water partition coefficient (Wildman–Crippen LogP) is 5.71. The lowest BCUT2D eigenvalue weighted by Crippen LogP contribution is -2.27. The highest BCUT2D eigenvalue weighted by Crippen LogP contribution is 2.35. The van der Waals surface area contributed by atoms with Crippen LogP contribution in [0.4, 0.5) is 5.69 Å². The van der Waals surface area contributed by atoms with Crippen LogP contribution in [0.1, 0.15) is 11.1 Å². The van der Waals surface area contributed by atoms with Gasteiger partial charge in [0.15, 0.2) is 0 Å². The number of thiocarbonyl (C=S) groups is 1. The van der Waals surface area contributed by atoms with E-state index in [1.807, 2.05) is 42.5 Å². The minimum absolute atomic E-state index is 0.0877. The molecule has 0 spiro atoms. The van der Waals surface area contributed by atoms with E-state index < -0.39 is 4.92 Å². The van der Waals surface area contributed by atoms with Crippen molar-refractivity contribution in [1.29, 1.82) is 0 Å². The van der Waals surface area contributed by atoms with E-state index in [0.717, 1.165) is 28.1 Å². The number of rotatable bonds is 7. The van der Waals surface area contributed by atoms with Gasteiger partial charge in [-0.3, -0.25) is 19.8 Å². The van der Waals surface area contributed by atoms with Gasteiger partial charge in [-0.2, -0.15) is 0 Å². The zero-order chi connectivity index (χ0) is 22.7. The number of non-ortho nitro benzene ring substituents is 1. The maximum absolute atomic E-state index is 12.7. The molecule has 1 fully saturated rings. The first kappa shape index (κ1) is 21.7. The van der Waals surface area contributed by atoms with Crippen LogP contribution < -0.4 is 4.74 Å². The summed E-state index contributed by atoms with van der Waals surface area (Å²) in [7, 11) is 0. The molecule has 0 N–H and O–H groups in total. The molecule has 1 heterocycles. The molecule has 0 unspecified atom stereocenters. The van der Waals surface area contributed by atoms with Gasteiger partial charge >= 0.3 is 0 Å². The first-order chi connectivity index (χ1) is 15.5. The Hall–Kier alpha value is -3.49. The van der Waals surface area contributed by atoms with Gasteiger partial charge in [-0.15, -0.1) is 6.58 Å². The molecule has 6 nitrogen and oxygen atoms in total. The van der Waals surface area contributed by atoms with Crippen molar-refractivity contribution in [3.8, 4) is 5.75 Å². The number of fused-ring (bicyclic) bond motifs is 1. The molecule has 4 rings (SSSR count). The second-order valence-electron chi connectivity index (χ2n) is 6.99. The van der Waals surface area contributed by atoms with Crippen LogP contribution in [0.2, 0.25) is 0 Å². The number of amides is 1. The minimum Gasteiger partial charge on any atom is -0.488 e. The third-order valence-corrected chi connectivity index (χ3v) is 6.32. The molecule has 8 heteroatoms. The standard InChI is InChI=1S/C24H18N2O4S2/c1-2-12-25-23(27)22(32-24(25)31)14-18-13-19(26(28)29)10-11-21(18)30-15-17-8-5-7-16-6-3-4-9-20(16)17/h2-11,13-14H,1,12,15H2. The van der Waals surface area contributed by atoms with Crippen molar-refractivity contribution in [1.82, 2.24) is 4.90 Å². The average molecular weight is 463 g/mol. The smallest absolute Gasteiger partial charge is 0.270 e. The molecule has 3 aromatic carbocycles. The molecule has 0 saturated carbocycles. The fourth-order valence-electron chi connectivity index (χ4n) is 3.40. The highest BCUT2D eigenvalue weighted by atomic mass is 32.2. The van der Waals surface area contributed by atoms with E-state index in [-0.39, 0.29) is 18.2 Å². The molecule has 1 amide bonds. The van der Waals surface area contributed by atoms with Crippen LogP contribution in [0.5, 0.6) is 5.75 Å². The van der Waals surface area contributed by atoms with E-state index in [1.165, 1.54) is 17.0 Å². The highest BCUT2D eigenvalue weighted by Gasteiger charge is 2.31. The molecular formula is C24H18N2O4S2. The Kier molecular flexibility index (Phi) is 6.34. The lowest BCUT2D eigenvalue weighted by Gasteiger charge is -2.12. The molecule has 0 bridgehead atoms. The quantitative estimate of drug-likeness (QED) is 0.147. The number of carbonyl (C=O) groups excluding carboxylic acids is 1. The Balaban J connectivity index is 1.67. The summed E-state index contributed by atoms with van der Waals surface area (Å²) in [5, 5.41) is 13.5. The number of nitrogens with zero attached hydrogens (tertiary/aromatic N) is 2. The van der Waals surface area contributed by atoms with Crippen LogP contribution in [-0.4, -0.2) is 26.6 Å². The van der Waals surface area contributed by atoms with Gasteiger partial charge in [0.1, 0.15) is 16.7 Å². The summed E-state index contributed by atoms with van der Waals surface area (Å²) in [6.45, 7) is 4.23. The van der Waals surface area contributed by atoms with Crippen molar-refractivity contribution in [3.63, 3.8) is 0 Å². The Bertz CT molecular complexity index is 1280. The maximum Gasteiger partial charge on any atom is 0.270 e. The number of carbonyl (C=O) groups is 1. The van der Waals surface area contributed by atoms with E-state index in [1.54, 1.807) is 18.2 Å². The fraction of sp³-hybridized carbons (Fsp3) is 0.0833. The first-order valence-corrected chi connectivity index (χ1v) is 10.9. The molecule has 0 radical (unpaired) electrons. The molecule has 1 aliphatic heterocycles. The van der Waals surface area contributed by atoms with Gasteiger partial charge in [0.25, 0.3) is 11.6 Å². The van der Waals surface area contributed by atoms with Crippen LogP contribution in [-0.2, 0) is 11.4 Å². The lowest BCUT2D eigenvalue weighted by atomic mass is 10.1. The number of hydrogen-bond donors (Lipinski definition) is 0. The Labute approximate surface area is 194 Å². The fourth-order valence-corrected chi connectivity index (χ4v) is 4.66. The van der Waals surface area contributed by atoms with Gasteiger partial charge in [-0.05, 0) is 28.5 Å². The van der Waals surface area contributed by atoms with E-state index in [9.17, 15) is 14.9 Å². The molecule has 0 atom stereocenters. The van der Waals surface area contributed by atoms with Crippen molar-refractivity contribution in [3.05, 3.63) is 99.5 Å². The van der Waals surface area contributed by atoms with E-state index in [2.05, 4.69) is 6.58 Å². The molecule has 3 aromatic rings. The number of ether oxygens (including phenoxy) is 1. The van der Waals surface area contributed by atoms with Crippen molar-refractivity contribution >= 4 is 56.7 Å². The molecule has 1 aliphatic rings. The normalized spacial score (nSPS) is 14.9. The van der Waals surface area contributed by atoms with Crippen LogP contribution in [0.25, 0.3) is 16.8 Å². The summed E-state index contributed by atoms with van der Waals surface area (Å²) < 4.78 is 6.48. The van der Waals surface area contributed by atoms with E-state index in [4.69, 9.17) is 17.0 Å². The second-order valence-corrected chi connectivity index (χ2v) is 8.66. The Morgan fingerprint density at radius 3 is 2.72 bits per heavy atom. The van der Waals surface area contributed by atoms with Crippen molar-refractivity contribution in [2.45, 2.75) is 6.61 Å². The van der Waals surface area contributed by atoms with Gasteiger partial charge in [0.2, 0.25) is 0 Å². The van der Waals surface area contributed by atoms with Gasteiger partial charge in [0.05, 0.1) is 9.83 Å². The monoisotopic (exact) mass is 462 g/mol. The topological polar surface area (TPSA) is 72.7 Å². The minimum atomic E-state index is -0.477. The van der Waals surface area contributed by atoms with Gasteiger partial charge < -0.3 is 4.74 Å². The number of benzene rings is 3. The number of hydrogen-bond acceptors (Lipinski definition) is 6. The van der Waals surface area contributed by atoms with Crippen molar-refractivity contribution in [2.24, 2.45) is 0 Å². The van der Waals surface area contributed by atoms with Gasteiger partial charge in [-0.1, -0.05) is 72.5 Å². The van der Waals surface area contributed by atoms with Gasteiger partial charge in [0, 0.05) is 24.2 Å². The van der Waals surface area contributed by atoms with E-state index >= 15 is 0 Å². The third-order valence-electron chi connectivity index (χ3n) is 4.94. The summed E-state index contributed by atoms with van der Waals surface area (Å²) in [6.07, 6.45) is 3.19. The molecule has 0 aliphatic carbocycles. The maximum atomic E-state index is 12.7. The number of nitro benzene ring substituents is 1. The molecule has 0 aromatic heterocycles. The van der Waals surface area contributed by atoms with Crippen molar-refractivity contribution < 1.29 is 14.5 Å². The SMILES string of the molecule is C=CCN1C(=O)C(=Cc2cc([N+](=O)[O-])ccc2OCc2cccc3ccccc23)SC1=S. The van der Waals surface area contributed by atoms with Crippen LogP contribution in [0, 0.1) is 10.1 Å². The summed E-state index contributed by atoms with van der Waals surface area (Å²) in [4.78, 5) is 25.3. The molecule has 1 saturated heterocycles. The number of nitro groups is 1. The number of thioether (sulfide) groups is 1. The molecule has 32 heavy (non-hydrogen) atoms. The predicted molar refractivity (Wildman–Crippen MR) is 131 cm³/mol. The zero-order valence-electron chi connectivity index (χ0n) is 16.9. The largest absolute Gasteiger partial charge is 0.488 e. The third kappa shape index (κ3) is 4.42. The molecular weight excluding hydrogens is 444 g/mol. The lowest BCUT2D eigenvalue weighted by molar-refractivity contribution is -0.384. The first-order valence-electron chi connectivity index (χ1n) is 9.72. The molecule has 160 valence electrons.